The highest BCUT2D eigenvalue weighted by Gasteiger charge is 2.31. The first kappa shape index (κ1) is 20.5. The van der Waals surface area contributed by atoms with Crippen molar-refractivity contribution >= 4 is 16.9 Å². The first-order valence-electron chi connectivity index (χ1n) is 11.0. The third kappa shape index (κ3) is 3.72. The number of halogens is 2. The quantitative estimate of drug-likeness (QED) is 0.445. The molecule has 0 saturated heterocycles. The van der Waals surface area contributed by atoms with Crippen LogP contribution in [-0.4, -0.2) is 19.7 Å². The van der Waals surface area contributed by atoms with Crippen molar-refractivity contribution < 1.29 is 8.78 Å². The van der Waals surface area contributed by atoms with Gasteiger partial charge >= 0.3 is 0 Å². The number of nitrogen functional groups attached to an aromatic ring is 1. The Hall–Kier alpha value is -3.35. The lowest BCUT2D eigenvalue weighted by Gasteiger charge is -2.32. The highest BCUT2D eigenvalue weighted by atomic mass is 19.1. The van der Waals surface area contributed by atoms with Crippen molar-refractivity contribution in [3.63, 3.8) is 0 Å². The number of hydrogen-bond donors (Lipinski definition) is 1. The van der Waals surface area contributed by atoms with Gasteiger partial charge in [0.05, 0.1) is 11.2 Å². The molecule has 2 N–H and O–H groups in total. The van der Waals surface area contributed by atoms with Crippen LogP contribution in [0.2, 0.25) is 0 Å². The Morgan fingerprint density at radius 2 is 1.66 bits per heavy atom. The van der Waals surface area contributed by atoms with Crippen LogP contribution in [0.25, 0.3) is 16.6 Å². The normalized spacial score (nSPS) is 19.8. The average Bonchev–Trinajstić information content (AvgIpc) is 3.20. The van der Waals surface area contributed by atoms with Gasteiger partial charge in [0, 0.05) is 17.5 Å². The molecule has 2 aromatic heterocycles. The molecule has 2 aromatic carbocycles. The summed E-state index contributed by atoms with van der Waals surface area (Å²) in [6, 6.07) is 13.0. The van der Waals surface area contributed by atoms with Gasteiger partial charge < -0.3 is 5.73 Å². The molecular weight excluding hydrogens is 408 g/mol. The Kier molecular flexibility index (Phi) is 5.33. The van der Waals surface area contributed by atoms with E-state index in [1.807, 2.05) is 16.8 Å². The average molecular weight is 434 g/mol. The summed E-state index contributed by atoms with van der Waals surface area (Å²) in [5.41, 5.74) is 8.88. The third-order valence-corrected chi connectivity index (χ3v) is 6.86. The standard InChI is InChI=1S/C25H25F2N5/c1-15(24-30-31-25(28)32(24)20-9-6-18(26)7-10-20)16-2-4-17(5-3-16)21-12-13-29-23-11-8-19(27)14-22(21)23/h6-17H,2-5H2,1H3,(H2,28,31)/t15-,16?,17?/m1/s1. The van der Waals surface area contributed by atoms with E-state index in [0.29, 0.717) is 17.8 Å². The number of nitrogens with two attached hydrogens (primary N) is 1. The van der Waals surface area contributed by atoms with Crippen LogP contribution in [0.4, 0.5) is 14.7 Å². The molecule has 2 heterocycles. The molecule has 1 aliphatic carbocycles. The predicted molar refractivity (Wildman–Crippen MR) is 121 cm³/mol. The minimum atomic E-state index is -0.295. The summed E-state index contributed by atoms with van der Waals surface area (Å²) >= 11 is 0. The second-order valence-electron chi connectivity index (χ2n) is 8.69. The van der Waals surface area contributed by atoms with Gasteiger partial charge in [0.1, 0.15) is 17.5 Å². The highest BCUT2D eigenvalue weighted by molar-refractivity contribution is 5.82. The first-order chi connectivity index (χ1) is 15.5. The minimum Gasteiger partial charge on any atom is -0.368 e. The van der Waals surface area contributed by atoms with E-state index < -0.39 is 0 Å². The molecular formula is C25H25F2N5. The second kappa shape index (κ2) is 8.30. The fourth-order valence-corrected chi connectivity index (χ4v) is 5.10. The summed E-state index contributed by atoms with van der Waals surface area (Å²) in [5, 5.41) is 9.36. The molecule has 5 rings (SSSR count). The van der Waals surface area contributed by atoms with E-state index in [2.05, 4.69) is 22.1 Å². The molecule has 0 radical (unpaired) electrons. The maximum absolute atomic E-state index is 13.9. The summed E-state index contributed by atoms with van der Waals surface area (Å²) < 4.78 is 29.1. The van der Waals surface area contributed by atoms with Crippen LogP contribution in [0.5, 0.6) is 0 Å². The van der Waals surface area contributed by atoms with Gasteiger partial charge in [-0.1, -0.05) is 6.92 Å². The summed E-state index contributed by atoms with van der Waals surface area (Å²) in [6.07, 6.45) is 5.91. The molecule has 164 valence electrons. The molecule has 0 spiro atoms. The number of fused-ring (bicyclic) bond motifs is 1. The number of anilines is 1. The van der Waals surface area contributed by atoms with Gasteiger partial charge in [-0.2, -0.15) is 0 Å². The van der Waals surface area contributed by atoms with Crippen molar-refractivity contribution in [2.75, 3.05) is 5.73 Å². The number of benzene rings is 2. The van der Waals surface area contributed by atoms with Crippen LogP contribution in [-0.2, 0) is 0 Å². The number of aromatic nitrogens is 4. The maximum atomic E-state index is 13.9. The Labute approximate surface area is 185 Å². The fraction of sp³-hybridized carbons (Fsp3) is 0.320. The van der Waals surface area contributed by atoms with Gasteiger partial charge in [0.25, 0.3) is 0 Å². The van der Waals surface area contributed by atoms with Crippen molar-refractivity contribution in [2.45, 2.75) is 44.4 Å². The molecule has 1 aliphatic rings. The summed E-state index contributed by atoms with van der Waals surface area (Å²) in [4.78, 5) is 4.39. The number of hydrogen-bond acceptors (Lipinski definition) is 4. The van der Waals surface area contributed by atoms with E-state index >= 15 is 0 Å². The molecule has 1 saturated carbocycles. The van der Waals surface area contributed by atoms with Crippen LogP contribution in [0.1, 0.15) is 55.8 Å². The summed E-state index contributed by atoms with van der Waals surface area (Å²) in [7, 11) is 0. The predicted octanol–water partition coefficient (Wildman–Crippen LogP) is 5.75. The smallest absolute Gasteiger partial charge is 0.226 e. The largest absolute Gasteiger partial charge is 0.368 e. The molecule has 32 heavy (non-hydrogen) atoms. The van der Waals surface area contributed by atoms with Crippen molar-refractivity contribution in [2.24, 2.45) is 5.92 Å². The van der Waals surface area contributed by atoms with Gasteiger partial charge in [-0.3, -0.25) is 9.55 Å². The molecule has 7 heteroatoms. The zero-order valence-electron chi connectivity index (χ0n) is 17.9. The Morgan fingerprint density at radius 1 is 0.938 bits per heavy atom. The van der Waals surface area contributed by atoms with E-state index in [1.165, 1.54) is 23.8 Å². The van der Waals surface area contributed by atoms with E-state index in [9.17, 15) is 8.78 Å². The summed E-state index contributed by atoms with van der Waals surface area (Å²) in [5.74, 6) is 1.54. The lowest BCUT2D eigenvalue weighted by atomic mass is 9.73. The van der Waals surface area contributed by atoms with Crippen molar-refractivity contribution in [1.82, 2.24) is 19.7 Å². The molecule has 1 fully saturated rings. The minimum absolute atomic E-state index is 0.150. The van der Waals surface area contributed by atoms with Crippen molar-refractivity contribution in [3.8, 4) is 5.69 Å². The fourth-order valence-electron chi connectivity index (χ4n) is 5.10. The van der Waals surface area contributed by atoms with Gasteiger partial charge in [-0.05, 0) is 91.6 Å². The maximum Gasteiger partial charge on any atom is 0.226 e. The van der Waals surface area contributed by atoms with Crippen LogP contribution >= 0.6 is 0 Å². The molecule has 1 atom stereocenters. The zero-order valence-corrected chi connectivity index (χ0v) is 17.9. The summed E-state index contributed by atoms with van der Waals surface area (Å²) in [6.45, 7) is 2.16. The van der Waals surface area contributed by atoms with E-state index in [4.69, 9.17) is 5.73 Å². The molecule has 5 nitrogen and oxygen atoms in total. The molecule has 0 aliphatic heterocycles. The van der Waals surface area contributed by atoms with Crippen LogP contribution in [0.15, 0.2) is 54.7 Å². The van der Waals surface area contributed by atoms with Crippen LogP contribution in [0, 0.1) is 17.6 Å². The number of rotatable bonds is 4. The SMILES string of the molecule is C[C@@H](c1nnc(N)n1-c1ccc(F)cc1)C1CCC(c2ccnc3ccc(F)cc23)CC1. The van der Waals surface area contributed by atoms with Gasteiger partial charge in [-0.15, -0.1) is 10.2 Å². The lowest BCUT2D eigenvalue weighted by molar-refractivity contribution is 0.284. The van der Waals surface area contributed by atoms with E-state index in [0.717, 1.165) is 48.1 Å². The van der Waals surface area contributed by atoms with Crippen LogP contribution in [0.3, 0.4) is 0 Å². The molecule has 0 unspecified atom stereocenters. The Morgan fingerprint density at radius 3 is 2.41 bits per heavy atom. The number of nitrogens with zero attached hydrogens (tertiary/aromatic N) is 4. The third-order valence-electron chi connectivity index (χ3n) is 6.86. The van der Waals surface area contributed by atoms with Crippen molar-refractivity contribution in [3.05, 3.63) is 77.8 Å². The first-order valence-corrected chi connectivity index (χ1v) is 11.0. The van der Waals surface area contributed by atoms with Gasteiger partial charge in [0.2, 0.25) is 5.95 Å². The van der Waals surface area contributed by atoms with Crippen LogP contribution < -0.4 is 5.73 Å². The van der Waals surface area contributed by atoms with E-state index in [1.54, 1.807) is 24.3 Å². The Balaban J connectivity index is 1.36. The Bertz CT molecular complexity index is 1240. The van der Waals surface area contributed by atoms with Crippen molar-refractivity contribution in [1.29, 1.82) is 0 Å². The lowest BCUT2D eigenvalue weighted by Crippen LogP contribution is -2.21. The van der Waals surface area contributed by atoms with Gasteiger partial charge in [-0.25, -0.2) is 8.78 Å². The second-order valence-corrected chi connectivity index (χ2v) is 8.69. The van der Waals surface area contributed by atoms with E-state index in [-0.39, 0.29) is 17.6 Å². The highest BCUT2D eigenvalue weighted by Crippen LogP contribution is 2.43. The zero-order chi connectivity index (χ0) is 22.2. The van der Waals surface area contributed by atoms with Gasteiger partial charge in [0.15, 0.2) is 0 Å². The molecule has 0 bridgehead atoms. The molecule has 4 aromatic rings. The monoisotopic (exact) mass is 433 g/mol. The topological polar surface area (TPSA) is 69.6 Å². The molecule has 0 amide bonds. The number of pyridine rings is 1.